The van der Waals surface area contributed by atoms with E-state index in [-0.39, 0.29) is 12.3 Å². The molecular formula is C24H23IN2O3. The topological polar surface area (TPSA) is 59.9 Å². The Bertz CT molecular complexity index is 1020. The van der Waals surface area contributed by atoms with Gasteiger partial charge in [0.2, 0.25) is 5.91 Å². The van der Waals surface area contributed by atoms with Gasteiger partial charge in [0.05, 0.1) is 23.3 Å². The molecule has 0 fully saturated rings. The van der Waals surface area contributed by atoms with Crippen molar-refractivity contribution in [2.75, 3.05) is 7.11 Å². The fourth-order valence-electron chi connectivity index (χ4n) is 2.79. The molecule has 5 nitrogen and oxygen atoms in total. The number of ether oxygens (including phenoxy) is 2. The number of nitrogens with one attached hydrogen (secondary N) is 1. The van der Waals surface area contributed by atoms with E-state index in [0.29, 0.717) is 18.1 Å². The maximum absolute atomic E-state index is 12.0. The molecule has 30 heavy (non-hydrogen) atoms. The first-order chi connectivity index (χ1) is 14.5. The number of nitrogens with zero attached hydrogens (tertiary/aromatic N) is 1. The lowest BCUT2D eigenvalue weighted by atomic mass is 10.1. The van der Waals surface area contributed by atoms with Gasteiger partial charge in [0.15, 0.2) is 11.5 Å². The van der Waals surface area contributed by atoms with Gasteiger partial charge in [-0.25, -0.2) is 5.43 Å². The number of rotatable bonds is 8. The maximum atomic E-state index is 12.0. The van der Waals surface area contributed by atoms with Crippen LogP contribution in [0.5, 0.6) is 11.5 Å². The summed E-state index contributed by atoms with van der Waals surface area (Å²) < 4.78 is 12.4. The molecule has 0 aliphatic heterocycles. The molecule has 0 aliphatic rings. The summed E-state index contributed by atoms with van der Waals surface area (Å²) in [6.07, 6.45) is 1.88. The zero-order valence-corrected chi connectivity index (χ0v) is 19.0. The minimum absolute atomic E-state index is 0.169. The van der Waals surface area contributed by atoms with Crippen LogP contribution in [0.1, 0.15) is 22.3 Å². The molecule has 0 saturated carbocycles. The van der Waals surface area contributed by atoms with Gasteiger partial charge in [0, 0.05) is 0 Å². The molecule has 1 amide bonds. The summed E-state index contributed by atoms with van der Waals surface area (Å²) in [5.41, 5.74) is 6.61. The lowest BCUT2D eigenvalue weighted by Crippen LogP contribution is -2.19. The molecule has 0 aliphatic carbocycles. The van der Waals surface area contributed by atoms with Crippen molar-refractivity contribution in [2.45, 2.75) is 20.0 Å². The maximum Gasteiger partial charge on any atom is 0.244 e. The van der Waals surface area contributed by atoms with Crippen molar-refractivity contribution in [1.29, 1.82) is 0 Å². The van der Waals surface area contributed by atoms with Crippen LogP contribution in [0.2, 0.25) is 0 Å². The third kappa shape index (κ3) is 6.32. The number of hydrazone groups is 1. The van der Waals surface area contributed by atoms with Crippen LogP contribution in [0, 0.1) is 10.5 Å². The Labute approximate surface area is 190 Å². The average Bonchev–Trinajstić information content (AvgIpc) is 2.74. The van der Waals surface area contributed by atoms with Crippen molar-refractivity contribution in [1.82, 2.24) is 5.43 Å². The van der Waals surface area contributed by atoms with E-state index < -0.39 is 0 Å². The molecule has 0 atom stereocenters. The molecule has 0 spiro atoms. The zero-order chi connectivity index (χ0) is 21.3. The average molecular weight is 514 g/mol. The van der Waals surface area contributed by atoms with Gasteiger partial charge < -0.3 is 9.47 Å². The Morgan fingerprint density at radius 3 is 2.50 bits per heavy atom. The Morgan fingerprint density at radius 1 is 1.07 bits per heavy atom. The Kier molecular flexibility index (Phi) is 7.84. The molecule has 0 heterocycles. The van der Waals surface area contributed by atoms with E-state index in [2.05, 4.69) is 52.2 Å². The van der Waals surface area contributed by atoms with Crippen molar-refractivity contribution in [2.24, 2.45) is 5.10 Å². The van der Waals surface area contributed by atoms with Crippen LogP contribution in [0.3, 0.4) is 0 Å². The fraction of sp³-hybridized carbons (Fsp3) is 0.167. The van der Waals surface area contributed by atoms with Crippen molar-refractivity contribution in [3.63, 3.8) is 0 Å². The number of benzene rings is 3. The first kappa shape index (κ1) is 21.8. The SMILES string of the molecule is COc1cc(/C=N/NC(=O)Cc2ccccc2)cc(I)c1OCc1ccc(C)cc1. The van der Waals surface area contributed by atoms with E-state index in [0.717, 1.165) is 20.3 Å². The van der Waals surface area contributed by atoms with E-state index in [1.807, 2.05) is 54.6 Å². The third-order valence-electron chi connectivity index (χ3n) is 4.37. The molecule has 1 N–H and O–H groups in total. The molecule has 0 aromatic heterocycles. The molecule has 3 rings (SSSR count). The molecule has 0 saturated heterocycles. The van der Waals surface area contributed by atoms with Crippen molar-refractivity contribution in [3.8, 4) is 11.5 Å². The van der Waals surface area contributed by atoms with Crippen LogP contribution >= 0.6 is 22.6 Å². The van der Waals surface area contributed by atoms with E-state index >= 15 is 0 Å². The normalized spacial score (nSPS) is 10.8. The summed E-state index contributed by atoms with van der Waals surface area (Å²) in [7, 11) is 1.60. The first-order valence-electron chi connectivity index (χ1n) is 9.47. The number of amides is 1. The fourth-order valence-corrected chi connectivity index (χ4v) is 3.57. The quantitative estimate of drug-likeness (QED) is 0.265. The van der Waals surface area contributed by atoms with Crippen LogP contribution in [-0.4, -0.2) is 19.2 Å². The summed E-state index contributed by atoms with van der Waals surface area (Å²) in [5.74, 6) is 1.13. The highest BCUT2D eigenvalue weighted by Gasteiger charge is 2.11. The van der Waals surface area contributed by atoms with Gasteiger partial charge in [0.1, 0.15) is 6.61 Å². The minimum Gasteiger partial charge on any atom is -0.493 e. The summed E-state index contributed by atoms with van der Waals surface area (Å²) in [4.78, 5) is 12.0. The number of carbonyl (C=O) groups excluding carboxylic acids is 1. The molecular weight excluding hydrogens is 491 g/mol. The zero-order valence-electron chi connectivity index (χ0n) is 16.9. The van der Waals surface area contributed by atoms with E-state index in [1.165, 1.54) is 5.56 Å². The van der Waals surface area contributed by atoms with E-state index in [4.69, 9.17) is 9.47 Å². The Balaban J connectivity index is 1.63. The second-order valence-electron chi connectivity index (χ2n) is 6.76. The van der Waals surface area contributed by atoms with Gasteiger partial charge in [-0.15, -0.1) is 0 Å². The second kappa shape index (κ2) is 10.8. The standard InChI is InChI=1S/C24H23IN2O3/c1-17-8-10-19(11-9-17)16-30-24-21(25)12-20(13-22(24)29-2)15-26-27-23(28)14-18-6-4-3-5-7-18/h3-13,15H,14,16H2,1-2H3,(H,27,28)/b26-15+. The monoisotopic (exact) mass is 514 g/mol. The van der Waals surface area contributed by atoms with E-state index in [1.54, 1.807) is 13.3 Å². The van der Waals surface area contributed by atoms with Crippen molar-refractivity contribution < 1.29 is 14.3 Å². The van der Waals surface area contributed by atoms with Gasteiger partial charge in [-0.1, -0.05) is 60.2 Å². The number of aryl methyl sites for hydroxylation is 1. The molecule has 154 valence electrons. The molecule has 6 heteroatoms. The van der Waals surface area contributed by atoms with Gasteiger partial charge in [0.25, 0.3) is 0 Å². The Morgan fingerprint density at radius 2 is 1.80 bits per heavy atom. The highest BCUT2D eigenvalue weighted by molar-refractivity contribution is 14.1. The minimum atomic E-state index is -0.169. The lowest BCUT2D eigenvalue weighted by molar-refractivity contribution is -0.120. The third-order valence-corrected chi connectivity index (χ3v) is 5.17. The smallest absolute Gasteiger partial charge is 0.244 e. The molecule has 3 aromatic carbocycles. The molecule has 3 aromatic rings. The van der Waals surface area contributed by atoms with Crippen molar-refractivity contribution in [3.05, 3.63) is 92.6 Å². The second-order valence-corrected chi connectivity index (χ2v) is 7.93. The number of halogens is 1. The Hall–Kier alpha value is -2.87. The van der Waals surface area contributed by atoms with Gasteiger partial charge in [-0.3, -0.25) is 4.79 Å². The highest BCUT2D eigenvalue weighted by atomic mass is 127. The van der Waals surface area contributed by atoms with Crippen LogP contribution in [0.15, 0.2) is 71.8 Å². The summed E-state index contributed by atoms with van der Waals surface area (Å²) in [6, 6.07) is 21.5. The predicted octanol–water partition coefficient (Wildman–Crippen LogP) is 4.88. The summed E-state index contributed by atoms with van der Waals surface area (Å²) in [6.45, 7) is 2.51. The summed E-state index contributed by atoms with van der Waals surface area (Å²) >= 11 is 2.21. The van der Waals surface area contributed by atoms with Gasteiger partial charge in [-0.2, -0.15) is 5.10 Å². The van der Waals surface area contributed by atoms with Crippen LogP contribution in [-0.2, 0) is 17.8 Å². The number of carbonyl (C=O) groups is 1. The van der Waals surface area contributed by atoms with Gasteiger partial charge in [-0.05, 0) is 58.3 Å². The number of methoxy groups -OCH3 is 1. The van der Waals surface area contributed by atoms with Crippen LogP contribution in [0.4, 0.5) is 0 Å². The molecule has 0 radical (unpaired) electrons. The largest absolute Gasteiger partial charge is 0.493 e. The first-order valence-corrected chi connectivity index (χ1v) is 10.5. The van der Waals surface area contributed by atoms with Gasteiger partial charge >= 0.3 is 0 Å². The van der Waals surface area contributed by atoms with Crippen molar-refractivity contribution >= 4 is 34.7 Å². The van der Waals surface area contributed by atoms with E-state index in [9.17, 15) is 4.79 Å². The van der Waals surface area contributed by atoms with Crippen LogP contribution < -0.4 is 14.9 Å². The number of hydrogen-bond donors (Lipinski definition) is 1. The highest BCUT2D eigenvalue weighted by Crippen LogP contribution is 2.34. The number of hydrogen-bond acceptors (Lipinski definition) is 4. The summed E-state index contributed by atoms with van der Waals surface area (Å²) in [5, 5.41) is 4.06. The van der Waals surface area contributed by atoms with Crippen LogP contribution in [0.25, 0.3) is 0 Å². The molecule has 0 bridgehead atoms. The lowest BCUT2D eigenvalue weighted by Gasteiger charge is -2.13. The predicted molar refractivity (Wildman–Crippen MR) is 127 cm³/mol. The molecule has 0 unspecified atom stereocenters.